The standard InChI is InChI=1S/C23H36N4O2/c1-3-23(29)11-9-16-15(12-23)4-5-18-17(16)8-10-22(2)19(18)6-7-20(22)21(28)13-27-25-14-24-26-27/h14-20,29H,3-13H2,1-2H3/t15-,16-,17+,18+,19-,20+,22-,23+/m0/s1. The van der Waals surface area contributed by atoms with Gasteiger partial charge in [0, 0.05) is 5.92 Å². The Morgan fingerprint density at radius 1 is 1.10 bits per heavy atom. The molecule has 1 aromatic heterocycles. The van der Waals surface area contributed by atoms with E-state index in [2.05, 4.69) is 29.3 Å². The molecule has 160 valence electrons. The van der Waals surface area contributed by atoms with Crippen LogP contribution in [0.1, 0.15) is 78.1 Å². The van der Waals surface area contributed by atoms with E-state index in [4.69, 9.17) is 0 Å². The monoisotopic (exact) mass is 400 g/mol. The van der Waals surface area contributed by atoms with Crippen molar-refractivity contribution in [2.75, 3.05) is 0 Å². The first-order valence-electron chi connectivity index (χ1n) is 11.9. The van der Waals surface area contributed by atoms with Gasteiger partial charge in [-0.2, -0.15) is 4.80 Å². The number of Topliss-reactive ketones (excluding diaryl/α,β-unsaturated/α-hetero) is 1. The predicted molar refractivity (Wildman–Crippen MR) is 109 cm³/mol. The van der Waals surface area contributed by atoms with Crippen LogP contribution in [0.4, 0.5) is 0 Å². The van der Waals surface area contributed by atoms with E-state index in [-0.39, 0.29) is 17.9 Å². The Morgan fingerprint density at radius 2 is 1.93 bits per heavy atom. The lowest BCUT2D eigenvalue weighted by molar-refractivity contribution is -0.133. The molecule has 0 amide bonds. The van der Waals surface area contributed by atoms with Gasteiger partial charge in [0.25, 0.3) is 0 Å². The quantitative estimate of drug-likeness (QED) is 0.834. The number of fused-ring (bicyclic) bond motifs is 5. The molecule has 0 spiro atoms. The average molecular weight is 401 g/mol. The van der Waals surface area contributed by atoms with E-state index in [1.165, 1.54) is 49.6 Å². The van der Waals surface area contributed by atoms with E-state index in [0.717, 1.165) is 49.4 Å². The van der Waals surface area contributed by atoms with Gasteiger partial charge in [0.1, 0.15) is 6.54 Å². The summed E-state index contributed by atoms with van der Waals surface area (Å²) in [5.74, 6) is 4.26. The van der Waals surface area contributed by atoms with Crippen molar-refractivity contribution in [1.82, 2.24) is 20.2 Å². The summed E-state index contributed by atoms with van der Waals surface area (Å²) in [7, 11) is 0. The number of hydrogen-bond acceptors (Lipinski definition) is 5. The van der Waals surface area contributed by atoms with Crippen molar-refractivity contribution in [2.24, 2.45) is 40.9 Å². The molecule has 0 saturated heterocycles. The molecule has 5 rings (SSSR count). The summed E-state index contributed by atoms with van der Waals surface area (Å²) in [5.41, 5.74) is -0.262. The normalized spacial score (nSPS) is 46.6. The van der Waals surface area contributed by atoms with Crippen LogP contribution in [0.15, 0.2) is 6.33 Å². The van der Waals surface area contributed by atoms with Gasteiger partial charge in [0.2, 0.25) is 0 Å². The third kappa shape index (κ3) is 3.17. The molecule has 0 aromatic carbocycles. The Bertz CT molecular complexity index is 752. The number of aromatic nitrogens is 4. The van der Waals surface area contributed by atoms with E-state index >= 15 is 0 Å². The van der Waals surface area contributed by atoms with Gasteiger partial charge in [-0.1, -0.05) is 13.8 Å². The molecule has 1 aromatic rings. The minimum atomic E-state index is -0.405. The number of nitrogens with zero attached hydrogens (tertiary/aromatic N) is 4. The molecule has 6 heteroatoms. The molecule has 1 heterocycles. The first-order valence-corrected chi connectivity index (χ1v) is 11.9. The lowest BCUT2D eigenvalue weighted by atomic mass is 9.48. The molecule has 6 nitrogen and oxygen atoms in total. The van der Waals surface area contributed by atoms with Crippen LogP contribution in [0, 0.1) is 40.9 Å². The fraction of sp³-hybridized carbons (Fsp3) is 0.913. The first-order chi connectivity index (χ1) is 13.9. The number of rotatable bonds is 4. The van der Waals surface area contributed by atoms with Gasteiger partial charge in [0.15, 0.2) is 12.1 Å². The van der Waals surface area contributed by atoms with Gasteiger partial charge in [-0.25, -0.2) is 0 Å². The lowest BCUT2D eigenvalue weighted by Crippen LogP contribution is -2.51. The maximum atomic E-state index is 13.1. The first kappa shape index (κ1) is 19.7. The number of ketones is 1. The van der Waals surface area contributed by atoms with Crippen molar-refractivity contribution in [2.45, 2.75) is 90.2 Å². The Morgan fingerprint density at radius 3 is 2.69 bits per heavy atom. The third-order valence-electron chi connectivity index (χ3n) is 9.84. The highest BCUT2D eigenvalue weighted by Gasteiger charge is 2.58. The largest absolute Gasteiger partial charge is 0.390 e. The van der Waals surface area contributed by atoms with Crippen LogP contribution in [-0.4, -0.2) is 36.7 Å². The summed E-state index contributed by atoms with van der Waals surface area (Å²) in [6, 6.07) is 0. The zero-order valence-electron chi connectivity index (χ0n) is 18.0. The molecular formula is C23H36N4O2. The fourth-order valence-corrected chi connectivity index (χ4v) is 8.32. The summed E-state index contributed by atoms with van der Waals surface area (Å²) in [6.45, 7) is 4.81. The topological polar surface area (TPSA) is 80.9 Å². The summed E-state index contributed by atoms with van der Waals surface area (Å²) < 4.78 is 0. The Balaban J connectivity index is 1.31. The molecular weight excluding hydrogens is 364 g/mol. The molecule has 8 atom stereocenters. The number of tetrazole rings is 1. The van der Waals surface area contributed by atoms with Gasteiger partial charge in [0.05, 0.1) is 5.60 Å². The molecule has 29 heavy (non-hydrogen) atoms. The van der Waals surface area contributed by atoms with Crippen LogP contribution in [0.5, 0.6) is 0 Å². The van der Waals surface area contributed by atoms with Gasteiger partial charge < -0.3 is 5.11 Å². The van der Waals surface area contributed by atoms with Gasteiger partial charge in [-0.15, -0.1) is 10.2 Å². The minimum Gasteiger partial charge on any atom is -0.390 e. The molecule has 0 unspecified atom stereocenters. The molecule has 4 fully saturated rings. The molecule has 1 N–H and O–H groups in total. The summed E-state index contributed by atoms with van der Waals surface area (Å²) in [4.78, 5) is 14.5. The Hall–Kier alpha value is -1.30. The van der Waals surface area contributed by atoms with Crippen LogP contribution >= 0.6 is 0 Å². The van der Waals surface area contributed by atoms with E-state index in [0.29, 0.717) is 11.7 Å². The van der Waals surface area contributed by atoms with Crippen LogP contribution in [0.25, 0.3) is 0 Å². The highest BCUT2D eigenvalue weighted by atomic mass is 16.3. The number of aliphatic hydroxyl groups is 1. The molecule has 0 radical (unpaired) electrons. The zero-order chi connectivity index (χ0) is 20.2. The highest BCUT2D eigenvalue weighted by Crippen LogP contribution is 2.64. The maximum Gasteiger partial charge on any atom is 0.162 e. The van der Waals surface area contributed by atoms with E-state index in [9.17, 15) is 9.90 Å². The summed E-state index contributed by atoms with van der Waals surface area (Å²) in [6.07, 6.45) is 12.8. The van der Waals surface area contributed by atoms with Crippen molar-refractivity contribution >= 4 is 5.78 Å². The molecule has 0 bridgehead atoms. The molecule has 4 saturated carbocycles. The van der Waals surface area contributed by atoms with Crippen molar-refractivity contribution in [1.29, 1.82) is 0 Å². The second kappa shape index (κ2) is 7.14. The highest BCUT2D eigenvalue weighted by molar-refractivity contribution is 5.81. The van der Waals surface area contributed by atoms with E-state index in [1.807, 2.05) is 0 Å². The minimum absolute atomic E-state index is 0.143. The van der Waals surface area contributed by atoms with Crippen LogP contribution in [0.3, 0.4) is 0 Å². The second-order valence-electron chi connectivity index (χ2n) is 10.9. The SMILES string of the molecule is CC[C@@]1(O)CC[C@H]2[C@@H](CC[C@@H]3[C@@H]2CC[C@]2(C)[C@@H](C(=O)Cn4ncnn4)CC[C@@H]32)C1. The Labute approximate surface area is 173 Å². The van der Waals surface area contributed by atoms with E-state index in [1.54, 1.807) is 0 Å². The number of carbonyl (C=O) groups excluding carboxylic acids is 1. The summed E-state index contributed by atoms with van der Waals surface area (Å²) >= 11 is 0. The fourth-order valence-electron chi connectivity index (χ4n) is 8.32. The molecule has 4 aliphatic rings. The van der Waals surface area contributed by atoms with Crippen molar-refractivity contribution in [3.8, 4) is 0 Å². The van der Waals surface area contributed by atoms with Crippen LogP contribution in [0.2, 0.25) is 0 Å². The third-order valence-corrected chi connectivity index (χ3v) is 9.84. The van der Waals surface area contributed by atoms with E-state index < -0.39 is 5.60 Å². The van der Waals surface area contributed by atoms with Crippen molar-refractivity contribution < 1.29 is 9.90 Å². The van der Waals surface area contributed by atoms with Gasteiger partial charge in [-0.3, -0.25) is 4.79 Å². The van der Waals surface area contributed by atoms with Gasteiger partial charge >= 0.3 is 0 Å². The Kier molecular flexibility index (Phi) is 4.84. The smallest absolute Gasteiger partial charge is 0.162 e. The van der Waals surface area contributed by atoms with Gasteiger partial charge in [-0.05, 0) is 104 Å². The second-order valence-corrected chi connectivity index (χ2v) is 10.9. The lowest BCUT2D eigenvalue weighted by Gasteiger charge is -2.57. The van der Waals surface area contributed by atoms with Crippen molar-refractivity contribution in [3.05, 3.63) is 6.33 Å². The predicted octanol–water partition coefficient (Wildman–Crippen LogP) is 3.65. The maximum absolute atomic E-state index is 13.1. The van der Waals surface area contributed by atoms with Crippen LogP contribution < -0.4 is 0 Å². The summed E-state index contributed by atoms with van der Waals surface area (Å²) in [5, 5.41) is 22.5. The zero-order valence-corrected chi connectivity index (χ0v) is 18.0. The van der Waals surface area contributed by atoms with Crippen LogP contribution in [-0.2, 0) is 11.3 Å². The molecule has 0 aliphatic heterocycles. The van der Waals surface area contributed by atoms with Crippen molar-refractivity contribution in [3.63, 3.8) is 0 Å². The molecule has 4 aliphatic carbocycles. The average Bonchev–Trinajstić information content (AvgIpc) is 3.34. The number of hydrogen-bond donors (Lipinski definition) is 1. The number of carbonyl (C=O) groups is 1.